The lowest BCUT2D eigenvalue weighted by Gasteiger charge is -2.20. The molecule has 1 rings (SSSR count). The van der Waals surface area contributed by atoms with E-state index in [9.17, 15) is 9.59 Å². The van der Waals surface area contributed by atoms with Crippen molar-refractivity contribution in [2.45, 2.75) is 44.9 Å². The molecular formula is C13H20N2O2. The molecule has 1 N–H and O–H groups in total. The topological polar surface area (TPSA) is 70.0 Å². The molecule has 0 spiro atoms. The molecule has 0 saturated heterocycles. The first kappa shape index (κ1) is 13.7. The standard InChI is InChI=1S/C13H20N2O2/c1-15-13(17)11(9-14)12(16)10-7-5-3-2-4-6-8-10/h10-11H,2-8H2,1H3,(H,15,17)/t11-/m0/s1. The molecule has 1 aliphatic rings. The van der Waals surface area contributed by atoms with E-state index in [1.165, 1.54) is 13.5 Å². The first-order valence-corrected chi connectivity index (χ1v) is 6.35. The number of hydrogen-bond donors (Lipinski definition) is 1. The second-order valence-corrected chi connectivity index (χ2v) is 4.62. The molecule has 1 atom stereocenters. The van der Waals surface area contributed by atoms with Gasteiger partial charge in [0.05, 0.1) is 6.07 Å². The summed E-state index contributed by atoms with van der Waals surface area (Å²) in [5.41, 5.74) is 0. The minimum absolute atomic E-state index is 0.0998. The molecule has 1 amide bonds. The Balaban J connectivity index is 2.65. The van der Waals surface area contributed by atoms with Crippen molar-refractivity contribution in [2.24, 2.45) is 11.8 Å². The van der Waals surface area contributed by atoms with Crippen LogP contribution >= 0.6 is 0 Å². The third kappa shape index (κ3) is 3.85. The van der Waals surface area contributed by atoms with Crippen LogP contribution in [0.5, 0.6) is 0 Å². The molecule has 0 radical (unpaired) electrons. The maximum absolute atomic E-state index is 12.1. The predicted octanol–water partition coefficient (Wildman–Crippen LogP) is 1.80. The number of nitrogens with zero attached hydrogens (tertiary/aromatic N) is 1. The molecule has 1 aliphatic carbocycles. The number of hydrogen-bond acceptors (Lipinski definition) is 3. The zero-order chi connectivity index (χ0) is 12.7. The summed E-state index contributed by atoms with van der Waals surface area (Å²) in [6.07, 6.45) is 7.26. The molecule has 0 unspecified atom stereocenters. The Morgan fingerprint density at radius 3 is 2.18 bits per heavy atom. The third-order valence-corrected chi connectivity index (χ3v) is 3.43. The zero-order valence-corrected chi connectivity index (χ0v) is 10.4. The van der Waals surface area contributed by atoms with Crippen LogP contribution in [0.15, 0.2) is 0 Å². The van der Waals surface area contributed by atoms with E-state index in [2.05, 4.69) is 5.32 Å². The Morgan fingerprint density at radius 2 is 1.71 bits per heavy atom. The summed E-state index contributed by atoms with van der Waals surface area (Å²) in [5.74, 6) is -1.88. The van der Waals surface area contributed by atoms with E-state index in [1.807, 2.05) is 6.07 Å². The lowest BCUT2D eigenvalue weighted by atomic mass is 9.83. The summed E-state index contributed by atoms with van der Waals surface area (Å²) in [7, 11) is 1.46. The fourth-order valence-electron chi connectivity index (χ4n) is 2.37. The Kier molecular flexibility index (Phi) is 5.68. The minimum Gasteiger partial charge on any atom is -0.358 e. The van der Waals surface area contributed by atoms with Gasteiger partial charge in [0.1, 0.15) is 0 Å². The summed E-state index contributed by atoms with van der Waals surface area (Å²) in [4.78, 5) is 23.5. The van der Waals surface area contributed by atoms with Crippen molar-refractivity contribution in [3.8, 4) is 6.07 Å². The zero-order valence-electron chi connectivity index (χ0n) is 10.4. The predicted molar refractivity (Wildman–Crippen MR) is 64.0 cm³/mol. The SMILES string of the molecule is CNC(=O)[C@@H](C#N)C(=O)C1CCCCCCC1. The van der Waals surface area contributed by atoms with Crippen molar-refractivity contribution in [1.82, 2.24) is 5.32 Å². The third-order valence-electron chi connectivity index (χ3n) is 3.43. The first-order chi connectivity index (χ1) is 8.20. The Bertz CT molecular complexity index is 312. The van der Waals surface area contributed by atoms with Crippen LogP contribution < -0.4 is 5.32 Å². The van der Waals surface area contributed by atoms with Crippen LogP contribution in [0.4, 0.5) is 0 Å². The van der Waals surface area contributed by atoms with Gasteiger partial charge in [-0.2, -0.15) is 5.26 Å². The van der Waals surface area contributed by atoms with Gasteiger partial charge >= 0.3 is 0 Å². The number of ketones is 1. The molecule has 4 heteroatoms. The van der Waals surface area contributed by atoms with E-state index in [1.54, 1.807) is 0 Å². The van der Waals surface area contributed by atoms with Crippen LogP contribution in [0.2, 0.25) is 0 Å². The molecule has 0 aromatic rings. The van der Waals surface area contributed by atoms with E-state index in [0.717, 1.165) is 38.5 Å². The van der Waals surface area contributed by atoms with Crippen molar-refractivity contribution in [3.63, 3.8) is 0 Å². The highest BCUT2D eigenvalue weighted by molar-refractivity contribution is 6.04. The van der Waals surface area contributed by atoms with Crippen LogP contribution in [0.25, 0.3) is 0 Å². The summed E-state index contributed by atoms with van der Waals surface area (Å²) >= 11 is 0. The van der Waals surface area contributed by atoms with Crippen LogP contribution in [0.3, 0.4) is 0 Å². The molecule has 94 valence electrons. The molecule has 17 heavy (non-hydrogen) atoms. The first-order valence-electron chi connectivity index (χ1n) is 6.35. The monoisotopic (exact) mass is 236 g/mol. The van der Waals surface area contributed by atoms with E-state index < -0.39 is 11.8 Å². The van der Waals surface area contributed by atoms with Gasteiger partial charge in [-0.25, -0.2) is 0 Å². The minimum atomic E-state index is -1.12. The summed E-state index contributed by atoms with van der Waals surface area (Å²) < 4.78 is 0. The van der Waals surface area contributed by atoms with Gasteiger partial charge in [-0.15, -0.1) is 0 Å². The molecule has 0 aromatic heterocycles. The second kappa shape index (κ2) is 7.05. The van der Waals surface area contributed by atoms with Gasteiger partial charge in [-0.1, -0.05) is 32.1 Å². The fraction of sp³-hybridized carbons (Fsp3) is 0.769. The van der Waals surface area contributed by atoms with Crippen LogP contribution in [-0.2, 0) is 9.59 Å². The van der Waals surface area contributed by atoms with Gasteiger partial charge in [0.2, 0.25) is 5.91 Å². The number of carbonyl (C=O) groups is 2. The van der Waals surface area contributed by atoms with Crippen molar-refractivity contribution >= 4 is 11.7 Å². The van der Waals surface area contributed by atoms with Crippen molar-refractivity contribution in [2.75, 3.05) is 7.05 Å². The fourth-order valence-corrected chi connectivity index (χ4v) is 2.37. The van der Waals surface area contributed by atoms with Crippen LogP contribution in [0.1, 0.15) is 44.9 Å². The average molecular weight is 236 g/mol. The highest BCUT2D eigenvalue weighted by Crippen LogP contribution is 2.25. The maximum atomic E-state index is 12.1. The second-order valence-electron chi connectivity index (χ2n) is 4.62. The highest BCUT2D eigenvalue weighted by atomic mass is 16.2. The van der Waals surface area contributed by atoms with E-state index in [0.29, 0.717) is 0 Å². The normalized spacial score (nSPS) is 19.5. The quantitative estimate of drug-likeness (QED) is 0.760. The molecule has 0 aliphatic heterocycles. The van der Waals surface area contributed by atoms with Gasteiger partial charge in [0, 0.05) is 13.0 Å². The van der Waals surface area contributed by atoms with Crippen LogP contribution in [-0.4, -0.2) is 18.7 Å². The van der Waals surface area contributed by atoms with Crippen LogP contribution in [0, 0.1) is 23.2 Å². The summed E-state index contributed by atoms with van der Waals surface area (Å²) in [6.45, 7) is 0. The number of Topliss-reactive ketones (excluding diaryl/α,β-unsaturated/α-hetero) is 1. The molecule has 0 bridgehead atoms. The number of nitriles is 1. The van der Waals surface area contributed by atoms with Crippen molar-refractivity contribution in [1.29, 1.82) is 5.26 Å². The highest BCUT2D eigenvalue weighted by Gasteiger charge is 2.31. The Labute approximate surface area is 102 Å². The van der Waals surface area contributed by atoms with Gasteiger partial charge in [0.15, 0.2) is 11.7 Å². The molecule has 0 aromatic carbocycles. The molecule has 1 saturated carbocycles. The smallest absolute Gasteiger partial charge is 0.244 e. The number of rotatable bonds is 3. The van der Waals surface area contributed by atoms with E-state index >= 15 is 0 Å². The van der Waals surface area contributed by atoms with Crippen molar-refractivity contribution < 1.29 is 9.59 Å². The molecule has 1 fully saturated rings. The number of nitrogens with one attached hydrogen (secondary N) is 1. The van der Waals surface area contributed by atoms with Gasteiger partial charge in [0.25, 0.3) is 0 Å². The molecular weight excluding hydrogens is 216 g/mol. The van der Waals surface area contributed by atoms with E-state index in [-0.39, 0.29) is 11.7 Å². The summed E-state index contributed by atoms with van der Waals surface area (Å²) in [5, 5.41) is 11.3. The van der Waals surface area contributed by atoms with E-state index in [4.69, 9.17) is 5.26 Å². The maximum Gasteiger partial charge on any atom is 0.244 e. The largest absolute Gasteiger partial charge is 0.358 e. The Morgan fingerprint density at radius 1 is 1.18 bits per heavy atom. The molecule has 0 heterocycles. The van der Waals surface area contributed by atoms with Gasteiger partial charge < -0.3 is 5.32 Å². The van der Waals surface area contributed by atoms with Gasteiger partial charge in [-0.3, -0.25) is 9.59 Å². The lowest BCUT2D eigenvalue weighted by Crippen LogP contribution is -2.35. The average Bonchev–Trinajstić information content (AvgIpc) is 2.29. The number of carbonyl (C=O) groups excluding carboxylic acids is 2. The van der Waals surface area contributed by atoms with Crippen molar-refractivity contribution in [3.05, 3.63) is 0 Å². The number of amides is 1. The van der Waals surface area contributed by atoms with Gasteiger partial charge in [-0.05, 0) is 12.8 Å². The lowest BCUT2D eigenvalue weighted by molar-refractivity contribution is -0.134. The summed E-state index contributed by atoms with van der Waals surface area (Å²) in [6, 6.07) is 1.82. The molecule has 4 nitrogen and oxygen atoms in total. The Hall–Kier alpha value is -1.37.